The molecule has 17 heavy (non-hydrogen) atoms. The van der Waals surface area contributed by atoms with Gasteiger partial charge in [0.05, 0.1) is 18.8 Å². The van der Waals surface area contributed by atoms with Crippen molar-refractivity contribution >= 4 is 15.9 Å². The van der Waals surface area contributed by atoms with E-state index in [2.05, 4.69) is 15.9 Å². The molecule has 0 saturated heterocycles. The number of hydrogen-bond acceptors (Lipinski definition) is 4. The first-order valence-corrected chi connectivity index (χ1v) is 6.34. The van der Waals surface area contributed by atoms with Crippen LogP contribution in [0.25, 0.3) is 0 Å². The van der Waals surface area contributed by atoms with E-state index in [9.17, 15) is 5.11 Å². The predicted molar refractivity (Wildman–Crippen MR) is 68.0 cm³/mol. The van der Waals surface area contributed by atoms with Gasteiger partial charge in [-0.25, -0.2) is 0 Å². The SMILES string of the molecule is CC(O)COC1COc2cc(Br)ccc2C1N. The first-order chi connectivity index (χ1) is 8.08. The smallest absolute Gasteiger partial charge is 0.125 e. The second-order valence-electron chi connectivity index (χ2n) is 4.24. The summed E-state index contributed by atoms with van der Waals surface area (Å²) in [4.78, 5) is 0. The van der Waals surface area contributed by atoms with Crippen LogP contribution in [0.2, 0.25) is 0 Å². The Balaban J connectivity index is 2.10. The summed E-state index contributed by atoms with van der Waals surface area (Å²) in [5.74, 6) is 0.795. The number of rotatable bonds is 3. The monoisotopic (exact) mass is 301 g/mol. The summed E-state index contributed by atoms with van der Waals surface area (Å²) in [5.41, 5.74) is 7.06. The fourth-order valence-electron chi connectivity index (χ4n) is 1.80. The Hall–Kier alpha value is -0.620. The van der Waals surface area contributed by atoms with E-state index in [1.54, 1.807) is 6.92 Å². The molecule has 5 heteroatoms. The van der Waals surface area contributed by atoms with Gasteiger partial charge in [0, 0.05) is 10.0 Å². The molecule has 3 unspecified atom stereocenters. The first-order valence-electron chi connectivity index (χ1n) is 5.55. The Bertz CT molecular complexity index is 397. The van der Waals surface area contributed by atoms with Crippen molar-refractivity contribution in [2.45, 2.75) is 25.2 Å². The van der Waals surface area contributed by atoms with Crippen molar-refractivity contribution in [3.05, 3.63) is 28.2 Å². The van der Waals surface area contributed by atoms with Gasteiger partial charge >= 0.3 is 0 Å². The van der Waals surface area contributed by atoms with Crippen LogP contribution in [0.3, 0.4) is 0 Å². The molecule has 0 aromatic heterocycles. The number of hydrogen-bond donors (Lipinski definition) is 2. The molecule has 1 aromatic rings. The number of aliphatic hydroxyl groups is 1. The lowest BCUT2D eigenvalue weighted by molar-refractivity contribution is -0.0409. The highest BCUT2D eigenvalue weighted by Gasteiger charge is 2.29. The number of halogens is 1. The van der Waals surface area contributed by atoms with Gasteiger partial charge in [0.25, 0.3) is 0 Å². The number of fused-ring (bicyclic) bond motifs is 1. The van der Waals surface area contributed by atoms with E-state index in [1.807, 2.05) is 18.2 Å². The van der Waals surface area contributed by atoms with Crippen LogP contribution in [0.5, 0.6) is 5.75 Å². The van der Waals surface area contributed by atoms with Crippen molar-refractivity contribution in [2.24, 2.45) is 5.73 Å². The van der Waals surface area contributed by atoms with Gasteiger partial charge in [0.15, 0.2) is 0 Å². The Labute approximate surface area is 109 Å². The molecular weight excluding hydrogens is 286 g/mol. The third-order valence-corrected chi connectivity index (χ3v) is 3.18. The van der Waals surface area contributed by atoms with E-state index in [0.717, 1.165) is 15.8 Å². The highest BCUT2D eigenvalue weighted by atomic mass is 79.9. The van der Waals surface area contributed by atoms with Crippen LogP contribution < -0.4 is 10.5 Å². The molecular formula is C12H16BrNO3. The van der Waals surface area contributed by atoms with Crippen molar-refractivity contribution in [3.63, 3.8) is 0 Å². The summed E-state index contributed by atoms with van der Waals surface area (Å²) in [6.45, 7) is 2.37. The number of benzene rings is 1. The molecule has 3 N–H and O–H groups in total. The van der Waals surface area contributed by atoms with Crippen molar-refractivity contribution in [1.82, 2.24) is 0 Å². The second kappa shape index (κ2) is 5.35. The Morgan fingerprint density at radius 1 is 1.65 bits per heavy atom. The molecule has 3 atom stereocenters. The predicted octanol–water partition coefficient (Wildman–Crippen LogP) is 1.61. The number of ether oxygens (including phenoxy) is 2. The molecule has 0 radical (unpaired) electrons. The van der Waals surface area contributed by atoms with Crippen LogP contribution in [0.1, 0.15) is 18.5 Å². The van der Waals surface area contributed by atoms with Crippen LogP contribution in [0.15, 0.2) is 22.7 Å². The van der Waals surface area contributed by atoms with Gasteiger partial charge in [-0.15, -0.1) is 0 Å². The normalized spacial score (nSPS) is 24.9. The average Bonchev–Trinajstić information content (AvgIpc) is 2.27. The fourth-order valence-corrected chi connectivity index (χ4v) is 2.14. The molecule has 0 bridgehead atoms. The van der Waals surface area contributed by atoms with Crippen molar-refractivity contribution in [1.29, 1.82) is 0 Å². The minimum atomic E-state index is -0.492. The van der Waals surface area contributed by atoms with Gasteiger partial charge in [-0.3, -0.25) is 0 Å². The van der Waals surface area contributed by atoms with E-state index in [-0.39, 0.29) is 18.8 Å². The van der Waals surface area contributed by atoms with Gasteiger partial charge in [0.2, 0.25) is 0 Å². The zero-order chi connectivity index (χ0) is 12.4. The maximum absolute atomic E-state index is 9.19. The zero-order valence-corrected chi connectivity index (χ0v) is 11.2. The van der Waals surface area contributed by atoms with E-state index >= 15 is 0 Å². The average molecular weight is 302 g/mol. The second-order valence-corrected chi connectivity index (χ2v) is 5.16. The third kappa shape index (κ3) is 2.98. The Kier molecular flexibility index (Phi) is 4.04. The number of nitrogens with two attached hydrogens (primary N) is 1. The minimum absolute atomic E-state index is 0.210. The van der Waals surface area contributed by atoms with E-state index in [1.165, 1.54) is 0 Å². The molecule has 0 aliphatic carbocycles. The van der Waals surface area contributed by atoms with Crippen LogP contribution in [0.4, 0.5) is 0 Å². The molecule has 4 nitrogen and oxygen atoms in total. The molecule has 94 valence electrons. The van der Waals surface area contributed by atoms with Gasteiger partial charge < -0.3 is 20.3 Å². The molecule has 1 aromatic carbocycles. The van der Waals surface area contributed by atoms with Crippen molar-refractivity contribution in [3.8, 4) is 5.75 Å². The van der Waals surface area contributed by atoms with Gasteiger partial charge in [-0.05, 0) is 19.1 Å². The Morgan fingerprint density at radius 3 is 3.12 bits per heavy atom. The summed E-state index contributed by atoms with van der Waals surface area (Å²) >= 11 is 3.39. The van der Waals surface area contributed by atoms with Crippen LogP contribution in [-0.2, 0) is 4.74 Å². The lowest BCUT2D eigenvalue weighted by Crippen LogP contribution is -2.39. The molecule has 0 fully saturated rings. The maximum atomic E-state index is 9.19. The summed E-state index contributed by atoms with van der Waals surface area (Å²) in [6, 6.07) is 5.55. The quantitative estimate of drug-likeness (QED) is 0.890. The van der Waals surface area contributed by atoms with Gasteiger partial charge in [-0.2, -0.15) is 0 Å². The Morgan fingerprint density at radius 2 is 2.41 bits per heavy atom. The lowest BCUT2D eigenvalue weighted by atomic mass is 9.99. The minimum Gasteiger partial charge on any atom is -0.490 e. The summed E-state index contributed by atoms with van der Waals surface area (Å²) in [7, 11) is 0. The highest BCUT2D eigenvalue weighted by Crippen LogP contribution is 2.34. The van der Waals surface area contributed by atoms with Gasteiger partial charge in [-0.1, -0.05) is 22.0 Å². The van der Waals surface area contributed by atoms with E-state index < -0.39 is 6.10 Å². The topological polar surface area (TPSA) is 64.7 Å². The largest absolute Gasteiger partial charge is 0.490 e. The molecule has 0 saturated carbocycles. The third-order valence-electron chi connectivity index (χ3n) is 2.69. The molecule has 1 aliphatic rings. The molecule has 0 amide bonds. The van der Waals surface area contributed by atoms with Gasteiger partial charge in [0.1, 0.15) is 18.5 Å². The van der Waals surface area contributed by atoms with Crippen LogP contribution in [-0.4, -0.2) is 30.5 Å². The van der Waals surface area contributed by atoms with Crippen molar-refractivity contribution in [2.75, 3.05) is 13.2 Å². The van der Waals surface area contributed by atoms with Crippen LogP contribution in [0, 0.1) is 0 Å². The zero-order valence-electron chi connectivity index (χ0n) is 9.60. The standard InChI is InChI=1S/C12H16BrNO3/c1-7(15)5-16-11-6-17-10-4-8(13)2-3-9(10)12(11)14/h2-4,7,11-12,15H,5-6,14H2,1H3. The highest BCUT2D eigenvalue weighted by molar-refractivity contribution is 9.10. The fraction of sp³-hybridized carbons (Fsp3) is 0.500. The van der Waals surface area contributed by atoms with E-state index in [4.69, 9.17) is 15.2 Å². The molecule has 1 heterocycles. The lowest BCUT2D eigenvalue weighted by Gasteiger charge is -2.31. The summed E-state index contributed by atoms with van der Waals surface area (Å²) < 4.78 is 12.1. The molecule has 0 spiro atoms. The van der Waals surface area contributed by atoms with Crippen LogP contribution >= 0.6 is 15.9 Å². The van der Waals surface area contributed by atoms with Crippen molar-refractivity contribution < 1.29 is 14.6 Å². The number of aliphatic hydroxyl groups excluding tert-OH is 1. The summed E-state index contributed by atoms with van der Waals surface area (Å²) in [6.07, 6.45) is -0.702. The molecule has 2 rings (SSSR count). The maximum Gasteiger partial charge on any atom is 0.125 e. The molecule has 1 aliphatic heterocycles. The van der Waals surface area contributed by atoms with E-state index in [0.29, 0.717) is 6.61 Å². The first kappa shape index (κ1) is 12.8. The summed E-state index contributed by atoms with van der Waals surface area (Å²) in [5, 5.41) is 9.19.